The fraction of sp³-hybridized carbons (Fsp3) is 0.571. The van der Waals surface area contributed by atoms with Crippen molar-refractivity contribution in [3.63, 3.8) is 0 Å². The molecule has 0 saturated carbocycles. The molecule has 3 N–H and O–H groups in total. The fourth-order valence-electron chi connectivity index (χ4n) is 3.68. The molecule has 156 valence electrons. The molecular formula is C21H35IN6. The number of aromatic nitrogens is 1. The van der Waals surface area contributed by atoms with Gasteiger partial charge in [-0.3, -0.25) is 4.99 Å². The molecule has 7 heteroatoms. The highest BCUT2D eigenvalue weighted by atomic mass is 127. The minimum atomic E-state index is 0. The predicted octanol–water partition coefficient (Wildman–Crippen LogP) is 2.38. The molecule has 0 spiro atoms. The Labute approximate surface area is 186 Å². The second-order valence-corrected chi connectivity index (χ2v) is 7.70. The number of para-hydroxylation sites is 1. The van der Waals surface area contributed by atoms with Crippen LogP contribution in [-0.4, -0.2) is 80.7 Å². The first kappa shape index (κ1) is 23.0. The number of hydrogen-bond donors (Lipinski definition) is 3. The van der Waals surface area contributed by atoms with E-state index < -0.39 is 0 Å². The second-order valence-electron chi connectivity index (χ2n) is 7.70. The summed E-state index contributed by atoms with van der Waals surface area (Å²) in [5.74, 6) is 1.49. The Balaban J connectivity index is 0.00000280. The molecule has 0 bridgehead atoms. The standard InChI is InChI=1S/C21H34N6.HI/c1-17(16-27-12-10-26(3)11-13-27)14-25-21(22-2)23-9-8-18-15-24-20-7-5-4-6-19(18)20;/h4-7,15,17,24H,8-14,16H2,1-3H3,(H2,22,23,25);1H. The maximum atomic E-state index is 4.36. The van der Waals surface area contributed by atoms with Gasteiger partial charge in [0.1, 0.15) is 0 Å². The molecule has 6 nitrogen and oxygen atoms in total. The van der Waals surface area contributed by atoms with Gasteiger partial charge in [0, 0.05) is 70.0 Å². The van der Waals surface area contributed by atoms with Crippen molar-refractivity contribution in [3.8, 4) is 0 Å². The number of likely N-dealkylation sites (N-methyl/N-ethyl adjacent to an activating group) is 1. The molecule has 0 aliphatic carbocycles. The minimum Gasteiger partial charge on any atom is -0.361 e. The summed E-state index contributed by atoms with van der Waals surface area (Å²) in [6.45, 7) is 9.98. The number of nitrogens with zero attached hydrogens (tertiary/aromatic N) is 3. The number of piperazine rings is 1. The first-order chi connectivity index (χ1) is 13.2. The van der Waals surface area contributed by atoms with Crippen molar-refractivity contribution in [1.82, 2.24) is 25.4 Å². The van der Waals surface area contributed by atoms with Crippen LogP contribution in [0, 0.1) is 5.92 Å². The molecule has 2 aromatic rings. The second kappa shape index (κ2) is 11.6. The van der Waals surface area contributed by atoms with Gasteiger partial charge in [-0.15, -0.1) is 24.0 Å². The van der Waals surface area contributed by atoms with E-state index in [0.717, 1.165) is 32.0 Å². The van der Waals surface area contributed by atoms with Crippen molar-refractivity contribution in [1.29, 1.82) is 0 Å². The number of nitrogens with one attached hydrogen (secondary N) is 3. The number of H-pyrrole nitrogens is 1. The van der Waals surface area contributed by atoms with Gasteiger partial charge in [-0.1, -0.05) is 25.1 Å². The largest absolute Gasteiger partial charge is 0.361 e. The monoisotopic (exact) mass is 498 g/mol. The summed E-state index contributed by atoms with van der Waals surface area (Å²) in [7, 11) is 4.04. The third kappa shape index (κ3) is 6.63. The van der Waals surface area contributed by atoms with Gasteiger partial charge in [-0.05, 0) is 31.0 Å². The third-order valence-corrected chi connectivity index (χ3v) is 5.37. The maximum absolute atomic E-state index is 4.36. The van der Waals surface area contributed by atoms with E-state index in [0.29, 0.717) is 5.92 Å². The first-order valence-electron chi connectivity index (χ1n) is 10.1. The highest BCUT2D eigenvalue weighted by Gasteiger charge is 2.16. The van der Waals surface area contributed by atoms with Gasteiger partial charge in [0.15, 0.2) is 5.96 Å². The molecule has 1 aliphatic rings. The van der Waals surface area contributed by atoms with Crippen molar-refractivity contribution in [2.24, 2.45) is 10.9 Å². The Morgan fingerprint density at radius 1 is 1.18 bits per heavy atom. The van der Waals surface area contributed by atoms with E-state index in [2.05, 4.69) is 74.8 Å². The summed E-state index contributed by atoms with van der Waals surface area (Å²) >= 11 is 0. The van der Waals surface area contributed by atoms with E-state index in [1.54, 1.807) is 0 Å². The molecule has 1 saturated heterocycles. The summed E-state index contributed by atoms with van der Waals surface area (Å²) in [5, 5.41) is 8.23. The maximum Gasteiger partial charge on any atom is 0.190 e. The zero-order chi connectivity index (χ0) is 19.1. The van der Waals surface area contributed by atoms with Crippen LogP contribution < -0.4 is 10.6 Å². The number of rotatable bonds is 7. The molecule has 1 aromatic heterocycles. The SMILES string of the molecule is CN=C(NCCc1c[nH]c2ccccc12)NCC(C)CN1CCN(C)CC1.I. The Bertz CT molecular complexity index is 735. The number of fused-ring (bicyclic) bond motifs is 1. The molecule has 1 unspecified atom stereocenters. The first-order valence-corrected chi connectivity index (χ1v) is 10.1. The van der Waals surface area contributed by atoms with Crippen LogP contribution in [0.15, 0.2) is 35.5 Å². The van der Waals surface area contributed by atoms with Crippen LogP contribution in [0.1, 0.15) is 12.5 Å². The molecule has 0 radical (unpaired) electrons. The third-order valence-electron chi connectivity index (χ3n) is 5.37. The Morgan fingerprint density at radius 3 is 2.68 bits per heavy atom. The molecule has 1 aliphatic heterocycles. The van der Waals surface area contributed by atoms with Crippen molar-refractivity contribution in [2.75, 3.05) is 59.9 Å². The molecule has 0 amide bonds. The van der Waals surface area contributed by atoms with E-state index in [-0.39, 0.29) is 24.0 Å². The molecule has 1 atom stereocenters. The quantitative estimate of drug-likeness (QED) is 0.312. The van der Waals surface area contributed by atoms with Gasteiger partial charge in [-0.2, -0.15) is 0 Å². The van der Waals surface area contributed by atoms with Crippen LogP contribution in [0.5, 0.6) is 0 Å². The van der Waals surface area contributed by atoms with Gasteiger partial charge < -0.3 is 25.4 Å². The van der Waals surface area contributed by atoms with E-state index in [9.17, 15) is 0 Å². The molecule has 2 heterocycles. The lowest BCUT2D eigenvalue weighted by molar-refractivity contribution is 0.139. The summed E-state index contributed by atoms with van der Waals surface area (Å²) < 4.78 is 0. The van der Waals surface area contributed by atoms with Gasteiger partial charge >= 0.3 is 0 Å². The summed E-state index contributed by atoms with van der Waals surface area (Å²) in [4.78, 5) is 12.7. The lowest BCUT2D eigenvalue weighted by Crippen LogP contribution is -2.47. The lowest BCUT2D eigenvalue weighted by Gasteiger charge is -2.34. The van der Waals surface area contributed by atoms with Crippen LogP contribution in [0.2, 0.25) is 0 Å². The van der Waals surface area contributed by atoms with Crippen LogP contribution in [0.4, 0.5) is 0 Å². The number of hydrogen-bond acceptors (Lipinski definition) is 3. The van der Waals surface area contributed by atoms with Gasteiger partial charge in [0.2, 0.25) is 0 Å². The average molecular weight is 498 g/mol. The predicted molar refractivity (Wildman–Crippen MR) is 130 cm³/mol. The van der Waals surface area contributed by atoms with E-state index >= 15 is 0 Å². The molecule has 1 fully saturated rings. The number of halogens is 1. The van der Waals surface area contributed by atoms with E-state index in [1.165, 1.54) is 42.6 Å². The van der Waals surface area contributed by atoms with Crippen molar-refractivity contribution < 1.29 is 0 Å². The highest BCUT2D eigenvalue weighted by Crippen LogP contribution is 2.17. The normalized spacial score (nSPS) is 17.3. The topological polar surface area (TPSA) is 58.7 Å². The van der Waals surface area contributed by atoms with E-state index in [4.69, 9.17) is 0 Å². The Hall–Kier alpha value is -1.32. The summed E-state index contributed by atoms with van der Waals surface area (Å²) in [5.41, 5.74) is 2.55. The Morgan fingerprint density at radius 2 is 1.93 bits per heavy atom. The lowest BCUT2D eigenvalue weighted by atomic mass is 10.1. The fourth-order valence-corrected chi connectivity index (χ4v) is 3.68. The van der Waals surface area contributed by atoms with Crippen molar-refractivity contribution in [3.05, 3.63) is 36.0 Å². The van der Waals surface area contributed by atoms with Crippen LogP contribution in [0.3, 0.4) is 0 Å². The molecule has 1 aromatic carbocycles. The average Bonchev–Trinajstić information content (AvgIpc) is 3.09. The zero-order valence-electron chi connectivity index (χ0n) is 17.4. The Kier molecular flexibility index (Phi) is 9.53. The molecule has 28 heavy (non-hydrogen) atoms. The van der Waals surface area contributed by atoms with Gasteiger partial charge in [0.25, 0.3) is 0 Å². The van der Waals surface area contributed by atoms with Crippen molar-refractivity contribution >= 4 is 40.8 Å². The van der Waals surface area contributed by atoms with Crippen molar-refractivity contribution in [2.45, 2.75) is 13.3 Å². The number of aromatic amines is 1. The van der Waals surface area contributed by atoms with E-state index in [1.807, 2.05) is 7.05 Å². The minimum absolute atomic E-state index is 0. The van der Waals surface area contributed by atoms with Crippen LogP contribution in [0.25, 0.3) is 10.9 Å². The van der Waals surface area contributed by atoms with Crippen LogP contribution >= 0.6 is 24.0 Å². The smallest absolute Gasteiger partial charge is 0.190 e. The summed E-state index contributed by atoms with van der Waals surface area (Å²) in [6, 6.07) is 8.45. The number of guanidine groups is 1. The van der Waals surface area contributed by atoms with Gasteiger partial charge in [0.05, 0.1) is 0 Å². The highest BCUT2D eigenvalue weighted by molar-refractivity contribution is 14.0. The van der Waals surface area contributed by atoms with Crippen LogP contribution in [-0.2, 0) is 6.42 Å². The summed E-state index contributed by atoms with van der Waals surface area (Å²) in [6.07, 6.45) is 3.09. The van der Waals surface area contributed by atoms with Gasteiger partial charge in [-0.25, -0.2) is 0 Å². The number of benzene rings is 1. The zero-order valence-corrected chi connectivity index (χ0v) is 19.7. The number of aliphatic imine (C=N–C) groups is 1. The molecular weight excluding hydrogens is 463 g/mol. The molecule has 3 rings (SSSR count).